The van der Waals surface area contributed by atoms with Crippen molar-refractivity contribution in [3.8, 4) is 0 Å². The third-order valence-electron chi connectivity index (χ3n) is 2.99. The molecule has 0 bridgehead atoms. The van der Waals surface area contributed by atoms with Crippen molar-refractivity contribution >= 4 is 11.0 Å². The van der Waals surface area contributed by atoms with E-state index >= 15 is 0 Å². The molecule has 0 aliphatic rings. The van der Waals surface area contributed by atoms with Crippen molar-refractivity contribution in [1.82, 2.24) is 9.55 Å². The minimum atomic E-state index is 0.111. The summed E-state index contributed by atoms with van der Waals surface area (Å²) in [5.41, 5.74) is 9.32. The molecule has 1 heterocycles. The predicted molar refractivity (Wildman–Crippen MR) is 67.3 cm³/mol. The van der Waals surface area contributed by atoms with Crippen LogP contribution in [-0.2, 0) is 19.0 Å². The van der Waals surface area contributed by atoms with Crippen LogP contribution in [0.4, 0.5) is 0 Å². The molecule has 0 atom stereocenters. The zero-order valence-corrected chi connectivity index (χ0v) is 10.4. The third kappa shape index (κ3) is 1.61. The van der Waals surface area contributed by atoms with Crippen LogP contribution < -0.4 is 5.73 Å². The Hall–Kier alpha value is -1.35. The van der Waals surface area contributed by atoms with Crippen LogP contribution in [0.2, 0.25) is 0 Å². The van der Waals surface area contributed by atoms with Crippen molar-refractivity contribution in [3.05, 3.63) is 29.6 Å². The van der Waals surface area contributed by atoms with E-state index in [-0.39, 0.29) is 5.41 Å². The van der Waals surface area contributed by atoms with Crippen LogP contribution in [0.1, 0.15) is 32.2 Å². The summed E-state index contributed by atoms with van der Waals surface area (Å²) in [5, 5.41) is 0. The van der Waals surface area contributed by atoms with E-state index in [4.69, 9.17) is 5.73 Å². The third-order valence-corrected chi connectivity index (χ3v) is 2.99. The minimum Gasteiger partial charge on any atom is -0.330 e. The molecule has 1 aromatic heterocycles. The fourth-order valence-electron chi connectivity index (χ4n) is 2.05. The molecule has 0 saturated carbocycles. The highest BCUT2D eigenvalue weighted by molar-refractivity contribution is 5.80. The monoisotopic (exact) mass is 217 g/mol. The maximum absolute atomic E-state index is 5.69. The molecule has 86 valence electrons. The molecule has 16 heavy (non-hydrogen) atoms. The van der Waals surface area contributed by atoms with Crippen LogP contribution in [0.5, 0.6) is 0 Å². The molecule has 2 aromatic rings. The van der Waals surface area contributed by atoms with Crippen molar-refractivity contribution in [1.29, 1.82) is 0 Å². The van der Waals surface area contributed by atoms with Gasteiger partial charge in [0, 0.05) is 7.05 Å². The Morgan fingerprint density at radius 1 is 1.31 bits per heavy atom. The van der Waals surface area contributed by atoms with Gasteiger partial charge in [-0.15, -0.1) is 0 Å². The standard InChI is InChI=1S/C13H19N3/c1-13(2,3)9-6-5-7-10-12(9)15-11(8-14)16(10)4/h5-7H,8,14H2,1-4H3. The van der Waals surface area contributed by atoms with Crippen LogP contribution in [0.15, 0.2) is 18.2 Å². The van der Waals surface area contributed by atoms with Crippen molar-refractivity contribution in [2.75, 3.05) is 0 Å². The van der Waals surface area contributed by atoms with E-state index in [0.717, 1.165) is 16.9 Å². The first-order valence-electron chi connectivity index (χ1n) is 5.60. The summed E-state index contributed by atoms with van der Waals surface area (Å²) >= 11 is 0. The Bertz CT molecular complexity index is 518. The lowest BCUT2D eigenvalue weighted by Gasteiger charge is -2.19. The summed E-state index contributed by atoms with van der Waals surface area (Å²) in [6, 6.07) is 6.33. The van der Waals surface area contributed by atoms with Gasteiger partial charge in [0.2, 0.25) is 0 Å². The maximum atomic E-state index is 5.69. The topological polar surface area (TPSA) is 43.8 Å². The van der Waals surface area contributed by atoms with E-state index in [1.54, 1.807) is 0 Å². The van der Waals surface area contributed by atoms with Crippen LogP contribution in [0.25, 0.3) is 11.0 Å². The molecule has 3 heteroatoms. The summed E-state index contributed by atoms with van der Waals surface area (Å²) < 4.78 is 2.07. The van der Waals surface area contributed by atoms with E-state index in [9.17, 15) is 0 Å². The average molecular weight is 217 g/mol. The lowest BCUT2D eigenvalue weighted by Crippen LogP contribution is -2.11. The largest absolute Gasteiger partial charge is 0.330 e. The molecular formula is C13H19N3. The van der Waals surface area contributed by atoms with Gasteiger partial charge in [-0.25, -0.2) is 4.98 Å². The molecule has 0 aliphatic carbocycles. The second-order valence-corrected chi connectivity index (χ2v) is 5.21. The number of fused-ring (bicyclic) bond motifs is 1. The molecule has 0 saturated heterocycles. The fourth-order valence-corrected chi connectivity index (χ4v) is 2.05. The molecule has 0 amide bonds. The van der Waals surface area contributed by atoms with Gasteiger partial charge in [-0.2, -0.15) is 0 Å². The molecule has 2 rings (SSSR count). The van der Waals surface area contributed by atoms with Gasteiger partial charge in [0.15, 0.2) is 0 Å². The highest BCUT2D eigenvalue weighted by atomic mass is 15.1. The molecule has 0 unspecified atom stereocenters. The smallest absolute Gasteiger partial charge is 0.123 e. The van der Waals surface area contributed by atoms with Crippen molar-refractivity contribution in [2.45, 2.75) is 32.7 Å². The zero-order valence-electron chi connectivity index (χ0n) is 10.4. The van der Waals surface area contributed by atoms with Crippen LogP contribution in [-0.4, -0.2) is 9.55 Å². The van der Waals surface area contributed by atoms with Crippen molar-refractivity contribution in [2.24, 2.45) is 12.8 Å². The van der Waals surface area contributed by atoms with Crippen LogP contribution in [0.3, 0.4) is 0 Å². The number of hydrogen-bond acceptors (Lipinski definition) is 2. The SMILES string of the molecule is Cn1c(CN)nc2c(C(C)(C)C)cccc21. The van der Waals surface area contributed by atoms with Gasteiger partial charge in [0.25, 0.3) is 0 Å². The quantitative estimate of drug-likeness (QED) is 0.796. The van der Waals surface area contributed by atoms with E-state index in [0.29, 0.717) is 6.54 Å². The normalized spacial score (nSPS) is 12.3. The molecule has 3 nitrogen and oxygen atoms in total. The Balaban J connectivity index is 2.79. The second-order valence-electron chi connectivity index (χ2n) is 5.21. The van der Waals surface area contributed by atoms with E-state index in [1.165, 1.54) is 5.56 Å². The van der Waals surface area contributed by atoms with Gasteiger partial charge in [0.05, 0.1) is 17.6 Å². The Kier molecular flexibility index (Phi) is 2.50. The number of imidazole rings is 1. The lowest BCUT2D eigenvalue weighted by molar-refractivity contribution is 0.594. The van der Waals surface area contributed by atoms with E-state index < -0.39 is 0 Å². The minimum absolute atomic E-state index is 0.111. The molecule has 0 spiro atoms. The number of hydrogen-bond donors (Lipinski definition) is 1. The summed E-state index contributed by atoms with van der Waals surface area (Å²) in [4.78, 5) is 4.64. The Morgan fingerprint density at radius 2 is 2.00 bits per heavy atom. The Labute approximate surface area is 96.3 Å². The van der Waals surface area contributed by atoms with E-state index in [1.807, 2.05) is 7.05 Å². The number of aryl methyl sites for hydroxylation is 1. The molecule has 0 radical (unpaired) electrons. The first-order valence-corrected chi connectivity index (χ1v) is 5.60. The maximum Gasteiger partial charge on any atom is 0.123 e. The van der Waals surface area contributed by atoms with E-state index in [2.05, 4.69) is 48.5 Å². The molecule has 0 aliphatic heterocycles. The number of rotatable bonds is 1. The second kappa shape index (κ2) is 3.59. The Morgan fingerprint density at radius 3 is 2.56 bits per heavy atom. The summed E-state index contributed by atoms with van der Waals surface area (Å²) in [5.74, 6) is 0.937. The zero-order chi connectivity index (χ0) is 11.9. The summed E-state index contributed by atoms with van der Waals surface area (Å²) in [6.07, 6.45) is 0. The average Bonchev–Trinajstić information content (AvgIpc) is 2.54. The number of para-hydroxylation sites is 1. The first-order chi connectivity index (χ1) is 7.45. The van der Waals surface area contributed by atoms with Gasteiger partial charge in [0.1, 0.15) is 5.82 Å². The fraction of sp³-hybridized carbons (Fsp3) is 0.462. The number of aromatic nitrogens is 2. The molecule has 1 aromatic carbocycles. The van der Waals surface area contributed by atoms with Crippen LogP contribution in [0, 0.1) is 0 Å². The van der Waals surface area contributed by atoms with Gasteiger partial charge in [-0.3, -0.25) is 0 Å². The molecule has 0 fully saturated rings. The summed E-state index contributed by atoms with van der Waals surface area (Å²) in [6.45, 7) is 7.10. The lowest BCUT2D eigenvalue weighted by atomic mass is 9.86. The highest BCUT2D eigenvalue weighted by Gasteiger charge is 2.19. The van der Waals surface area contributed by atoms with Gasteiger partial charge >= 0.3 is 0 Å². The van der Waals surface area contributed by atoms with Crippen molar-refractivity contribution in [3.63, 3.8) is 0 Å². The number of nitrogens with two attached hydrogens (primary N) is 1. The number of nitrogens with zero attached hydrogens (tertiary/aromatic N) is 2. The van der Waals surface area contributed by atoms with Gasteiger partial charge < -0.3 is 10.3 Å². The molecular weight excluding hydrogens is 198 g/mol. The summed E-state index contributed by atoms with van der Waals surface area (Å²) in [7, 11) is 2.02. The number of benzene rings is 1. The van der Waals surface area contributed by atoms with Crippen molar-refractivity contribution < 1.29 is 0 Å². The van der Waals surface area contributed by atoms with Crippen LogP contribution >= 0.6 is 0 Å². The first kappa shape index (κ1) is 11.1. The van der Waals surface area contributed by atoms with Gasteiger partial charge in [-0.05, 0) is 17.0 Å². The predicted octanol–water partition coefficient (Wildman–Crippen LogP) is 2.33. The van der Waals surface area contributed by atoms with Gasteiger partial charge in [-0.1, -0.05) is 32.9 Å². The molecule has 2 N–H and O–H groups in total. The highest BCUT2D eigenvalue weighted by Crippen LogP contribution is 2.29.